The molecule has 0 radical (unpaired) electrons. The highest BCUT2D eigenvalue weighted by atomic mass is 16.5. The zero-order chi connectivity index (χ0) is 19.2. The Labute approximate surface area is 146 Å². The van der Waals surface area contributed by atoms with Gasteiger partial charge in [-0.3, -0.25) is 29.4 Å². The van der Waals surface area contributed by atoms with Crippen LogP contribution >= 0.6 is 0 Å². The summed E-state index contributed by atoms with van der Waals surface area (Å²) in [5.41, 5.74) is 0. The van der Waals surface area contributed by atoms with Crippen LogP contribution in [0.15, 0.2) is 24.3 Å². The van der Waals surface area contributed by atoms with Gasteiger partial charge in [0.15, 0.2) is 0 Å². The molecule has 1 rings (SSSR count). The van der Waals surface area contributed by atoms with Crippen LogP contribution in [-0.4, -0.2) is 54.8 Å². The Hall–Kier alpha value is -2.97. The second-order valence-electron chi connectivity index (χ2n) is 4.77. The molecule has 0 aromatic carbocycles. The summed E-state index contributed by atoms with van der Waals surface area (Å²) in [5, 5.41) is 4.41. The fraction of sp³-hybridized carbons (Fsp3) is 0.438. The van der Waals surface area contributed by atoms with Gasteiger partial charge in [0, 0.05) is 37.4 Å². The van der Waals surface area contributed by atoms with Gasteiger partial charge < -0.3 is 10.1 Å². The van der Waals surface area contributed by atoms with E-state index in [2.05, 4.69) is 10.1 Å². The molecular weight excluding hydrogens is 330 g/mol. The summed E-state index contributed by atoms with van der Waals surface area (Å²) in [6.07, 6.45) is 5.39. The van der Waals surface area contributed by atoms with E-state index >= 15 is 0 Å². The summed E-state index contributed by atoms with van der Waals surface area (Å²) < 4.78 is 4.19. The quantitative estimate of drug-likeness (QED) is 0.522. The van der Waals surface area contributed by atoms with Crippen molar-refractivity contribution in [3.8, 4) is 0 Å². The van der Waals surface area contributed by atoms with Crippen molar-refractivity contribution in [1.29, 1.82) is 0 Å². The van der Waals surface area contributed by atoms with Crippen LogP contribution in [0, 0.1) is 0 Å². The second-order valence-corrected chi connectivity index (χ2v) is 4.77. The maximum atomic E-state index is 11.0. The first-order valence-corrected chi connectivity index (χ1v) is 7.74. The van der Waals surface area contributed by atoms with Crippen molar-refractivity contribution in [2.75, 3.05) is 20.2 Å². The maximum absolute atomic E-state index is 11.0. The lowest BCUT2D eigenvalue weighted by Crippen LogP contribution is -2.30. The van der Waals surface area contributed by atoms with Crippen molar-refractivity contribution in [2.24, 2.45) is 0 Å². The molecule has 0 atom stereocenters. The molecule has 9 nitrogen and oxygen atoms in total. The van der Waals surface area contributed by atoms with Crippen molar-refractivity contribution in [2.45, 2.75) is 26.7 Å². The molecule has 0 bridgehead atoms. The predicted octanol–water partition coefficient (Wildman–Crippen LogP) is 0.273. The zero-order valence-electron chi connectivity index (χ0n) is 14.5. The van der Waals surface area contributed by atoms with Crippen molar-refractivity contribution in [3.63, 3.8) is 0 Å². The first-order chi connectivity index (χ1) is 11.8. The number of hydrogen-bond acceptors (Lipinski definition) is 6. The van der Waals surface area contributed by atoms with Crippen LogP contribution in [0.2, 0.25) is 0 Å². The topological polar surface area (TPSA) is 122 Å². The van der Waals surface area contributed by atoms with Gasteiger partial charge in [-0.15, -0.1) is 0 Å². The normalized spacial score (nSPS) is 12.7. The molecule has 0 saturated carbocycles. The zero-order valence-corrected chi connectivity index (χ0v) is 14.5. The van der Waals surface area contributed by atoms with E-state index in [4.69, 9.17) is 0 Å². The molecule has 1 aliphatic rings. The van der Waals surface area contributed by atoms with Crippen molar-refractivity contribution >= 4 is 29.7 Å². The summed E-state index contributed by atoms with van der Waals surface area (Å²) in [6.45, 7) is 4.92. The van der Waals surface area contributed by atoms with Crippen LogP contribution in [0.5, 0.6) is 0 Å². The lowest BCUT2D eigenvalue weighted by atomic mass is 10.4. The maximum Gasteiger partial charge on any atom is 0.413 e. The third-order valence-corrected chi connectivity index (χ3v) is 2.69. The predicted molar refractivity (Wildman–Crippen MR) is 89.1 cm³/mol. The first-order valence-electron chi connectivity index (χ1n) is 7.74. The molecule has 0 aliphatic carbocycles. The Kier molecular flexibility index (Phi) is 11.0. The third-order valence-electron chi connectivity index (χ3n) is 2.69. The number of alkyl carbamates (subject to hydrolysis) is 1. The van der Waals surface area contributed by atoms with E-state index in [9.17, 15) is 24.0 Å². The van der Waals surface area contributed by atoms with E-state index in [1.54, 1.807) is 0 Å². The number of imide groups is 2. The van der Waals surface area contributed by atoms with Gasteiger partial charge in [-0.1, -0.05) is 13.8 Å². The van der Waals surface area contributed by atoms with Crippen LogP contribution in [-0.2, 0) is 23.9 Å². The lowest BCUT2D eigenvalue weighted by molar-refractivity contribution is -0.136. The molecule has 9 heteroatoms. The van der Waals surface area contributed by atoms with Gasteiger partial charge >= 0.3 is 6.09 Å². The molecule has 25 heavy (non-hydrogen) atoms. The molecular formula is C16H23N3O6. The number of ether oxygens (including phenoxy) is 1. The smallest absolute Gasteiger partial charge is 0.413 e. The minimum Gasteiger partial charge on any atom is -0.453 e. The standard InChI is InChI=1S/C9H14N2O4.C7H9NO2/c1-3-6-10-7(12)4-5-8(13)11-9(14)15-2;1-2-5-8-6(9)3-4-7(8)10/h4-5H,3,6H2,1-2H3,(H,10,12)(H,11,13,14);3-4H,2,5H2,1H3. The molecule has 138 valence electrons. The molecule has 0 spiro atoms. The Morgan fingerprint density at radius 2 is 1.60 bits per heavy atom. The van der Waals surface area contributed by atoms with Crippen LogP contribution in [0.4, 0.5) is 4.79 Å². The lowest BCUT2D eigenvalue weighted by Gasteiger charge is -2.10. The van der Waals surface area contributed by atoms with Crippen molar-refractivity contribution < 1.29 is 28.7 Å². The van der Waals surface area contributed by atoms with E-state index in [0.717, 1.165) is 32.1 Å². The van der Waals surface area contributed by atoms with Gasteiger partial charge in [0.1, 0.15) is 0 Å². The number of methoxy groups -OCH3 is 1. The van der Waals surface area contributed by atoms with Gasteiger partial charge in [-0.2, -0.15) is 0 Å². The first kappa shape index (κ1) is 22.0. The van der Waals surface area contributed by atoms with E-state index in [1.165, 1.54) is 17.1 Å². The number of hydrogen-bond donors (Lipinski definition) is 2. The van der Waals surface area contributed by atoms with Crippen molar-refractivity contribution in [1.82, 2.24) is 15.5 Å². The van der Waals surface area contributed by atoms with E-state index < -0.39 is 12.0 Å². The van der Waals surface area contributed by atoms with Gasteiger partial charge in [0.25, 0.3) is 17.7 Å². The third kappa shape index (κ3) is 9.69. The molecule has 0 saturated heterocycles. The monoisotopic (exact) mass is 353 g/mol. The van der Waals surface area contributed by atoms with Gasteiger partial charge in [-0.05, 0) is 12.8 Å². The summed E-state index contributed by atoms with van der Waals surface area (Å²) in [5.74, 6) is -1.45. The number of rotatable bonds is 6. The van der Waals surface area contributed by atoms with E-state index in [1.807, 2.05) is 19.2 Å². The fourth-order valence-corrected chi connectivity index (χ4v) is 1.53. The highest BCUT2D eigenvalue weighted by molar-refractivity contribution is 6.12. The van der Waals surface area contributed by atoms with E-state index in [0.29, 0.717) is 13.1 Å². The summed E-state index contributed by atoms with van der Waals surface area (Å²) >= 11 is 0. The SMILES string of the molecule is CCCN1C(=O)C=CC1=O.CCCNC(=O)C=CC(=O)NC(=O)OC. The van der Waals surface area contributed by atoms with Crippen LogP contribution in [0.3, 0.4) is 0 Å². The van der Waals surface area contributed by atoms with Gasteiger partial charge in [-0.25, -0.2) is 4.79 Å². The molecule has 5 amide bonds. The Bertz CT molecular complexity index is 550. The average molecular weight is 353 g/mol. The second kappa shape index (κ2) is 12.5. The summed E-state index contributed by atoms with van der Waals surface area (Å²) in [6, 6.07) is 0. The minimum absolute atomic E-state index is 0.188. The highest BCUT2D eigenvalue weighted by Gasteiger charge is 2.21. The average Bonchev–Trinajstić information content (AvgIpc) is 2.91. The van der Waals surface area contributed by atoms with Crippen LogP contribution < -0.4 is 10.6 Å². The summed E-state index contributed by atoms with van der Waals surface area (Å²) in [4.78, 5) is 55.3. The molecule has 1 aliphatic heterocycles. The molecule has 2 N–H and O–H groups in total. The minimum atomic E-state index is -0.862. The summed E-state index contributed by atoms with van der Waals surface area (Å²) in [7, 11) is 1.14. The van der Waals surface area contributed by atoms with E-state index in [-0.39, 0.29) is 17.7 Å². The van der Waals surface area contributed by atoms with Gasteiger partial charge in [0.2, 0.25) is 5.91 Å². The Morgan fingerprint density at radius 3 is 2.08 bits per heavy atom. The number of carbonyl (C=O) groups is 5. The molecule has 0 fully saturated rings. The largest absolute Gasteiger partial charge is 0.453 e. The number of nitrogens with zero attached hydrogens (tertiary/aromatic N) is 1. The fourth-order valence-electron chi connectivity index (χ4n) is 1.53. The molecule has 0 aromatic rings. The van der Waals surface area contributed by atoms with Crippen LogP contribution in [0.1, 0.15) is 26.7 Å². The highest BCUT2D eigenvalue weighted by Crippen LogP contribution is 2.03. The number of nitrogens with one attached hydrogen (secondary N) is 2. The number of carbonyl (C=O) groups excluding carboxylic acids is 5. The van der Waals surface area contributed by atoms with Crippen molar-refractivity contribution in [3.05, 3.63) is 24.3 Å². The molecule has 0 aromatic heterocycles. The number of amides is 5. The molecule has 1 heterocycles. The Balaban J connectivity index is 0.000000496. The van der Waals surface area contributed by atoms with Crippen LogP contribution in [0.25, 0.3) is 0 Å². The Morgan fingerprint density at radius 1 is 1.04 bits per heavy atom. The molecule has 0 unspecified atom stereocenters. The van der Waals surface area contributed by atoms with Gasteiger partial charge in [0.05, 0.1) is 7.11 Å².